The number of halogens is 1. The Morgan fingerprint density at radius 3 is 2.81 bits per heavy atom. The summed E-state index contributed by atoms with van der Waals surface area (Å²) in [6, 6.07) is 10.8. The Kier molecular flexibility index (Phi) is 6.14. The molecule has 0 bridgehead atoms. The minimum atomic E-state index is 0.370. The Labute approximate surface area is 106 Å². The second-order valence-electron chi connectivity index (χ2n) is 3.70. The Bertz CT molecular complexity index is 357. The van der Waals surface area contributed by atoms with E-state index in [0.717, 1.165) is 23.9 Å². The second kappa shape index (κ2) is 7.43. The van der Waals surface area contributed by atoms with Gasteiger partial charge in [0.05, 0.1) is 6.07 Å². The molecule has 0 aliphatic rings. The molecule has 3 heteroatoms. The van der Waals surface area contributed by atoms with Crippen LogP contribution in [0.15, 0.2) is 28.7 Å². The van der Waals surface area contributed by atoms with Crippen molar-refractivity contribution in [2.75, 3.05) is 6.54 Å². The molecule has 0 spiro atoms. The smallest absolute Gasteiger partial charge is 0.0622 e. The number of hydrogen-bond donors (Lipinski definition) is 1. The van der Waals surface area contributed by atoms with Crippen LogP contribution < -0.4 is 5.32 Å². The summed E-state index contributed by atoms with van der Waals surface area (Å²) in [6.07, 6.45) is 2.59. The minimum absolute atomic E-state index is 0.370. The van der Waals surface area contributed by atoms with Crippen LogP contribution in [0.3, 0.4) is 0 Å². The lowest BCUT2D eigenvalue weighted by molar-refractivity contribution is 0.511. The molecule has 1 N–H and O–H groups in total. The molecule has 0 aliphatic carbocycles. The molecule has 0 fully saturated rings. The van der Waals surface area contributed by atoms with Crippen LogP contribution in [0.1, 0.15) is 37.8 Å². The molecule has 0 saturated carbocycles. The fourth-order valence-corrected chi connectivity index (χ4v) is 2.24. The highest BCUT2D eigenvalue weighted by atomic mass is 79.9. The van der Waals surface area contributed by atoms with Gasteiger partial charge in [0.15, 0.2) is 0 Å². The van der Waals surface area contributed by atoms with Gasteiger partial charge in [0.1, 0.15) is 0 Å². The van der Waals surface area contributed by atoms with E-state index in [1.807, 2.05) is 6.07 Å². The summed E-state index contributed by atoms with van der Waals surface area (Å²) in [7, 11) is 0. The molecule has 1 atom stereocenters. The Balaban J connectivity index is 2.55. The Morgan fingerprint density at radius 2 is 2.19 bits per heavy atom. The SMILES string of the molecule is CCC(NCCCC#N)c1ccccc1Br. The van der Waals surface area contributed by atoms with Crippen LogP contribution in [0, 0.1) is 11.3 Å². The predicted molar refractivity (Wildman–Crippen MR) is 70.0 cm³/mol. The fraction of sp³-hybridized carbons (Fsp3) is 0.462. The Morgan fingerprint density at radius 1 is 1.44 bits per heavy atom. The number of nitrogens with zero attached hydrogens (tertiary/aromatic N) is 1. The maximum Gasteiger partial charge on any atom is 0.0622 e. The van der Waals surface area contributed by atoms with Crippen LogP contribution in [0.25, 0.3) is 0 Å². The molecule has 0 radical (unpaired) electrons. The van der Waals surface area contributed by atoms with E-state index in [1.165, 1.54) is 5.56 Å². The third kappa shape index (κ3) is 3.96. The number of rotatable bonds is 6. The maximum absolute atomic E-state index is 8.46. The van der Waals surface area contributed by atoms with Gasteiger partial charge in [-0.15, -0.1) is 0 Å². The largest absolute Gasteiger partial charge is 0.310 e. The summed E-state index contributed by atoms with van der Waals surface area (Å²) in [5.74, 6) is 0. The van der Waals surface area contributed by atoms with Gasteiger partial charge in [-0.05, 0) is 31.0 Å². The van der Waals surface area contributed by atoms with Crippen molar-refractivity contribution in [3.05, 3.63) is 34.3 Å². The van der Waals surface area contributed by atoms with E-state index in [9.17, 15) is 0 Å². The third-order valence-electron chi connectivity index (χ3n) is 2.54. The van der Waals surface area contributed by atoms with E-state index in [2.05, 4.69) is 52.4 Å². The van der Waals surface area contributed by atoms with Gasteiger partial charge in [-0.25, -0.2) is 0 Å². The van der Waals surface area contributed by atoms with Crippen molar-refractivity contribution >= 4 is 15.9 Å². The zero-order valence-electron chi connectivity index (χ0n) is 9.54. The Hall–Kier alpha value is -0.850. The zero-order chi connectivity index (χ0) is 11.8. The summed E-state index contributed by atoms with van der Waals surface area (Å²) in [6.45, 7) is 3.06. The highest BCUT2D eigenvalue weighted by molar-refractivity contribution is 9.10. The standard InChI is InChI=1S/C13H17BrN2/c1-2-13(16-10-6-5-9-15)11-7-3-4-8-12(11)14/h3-4,7-8,13,16H,2,5-6,10H2,1H3. The summed E-state index contributed by atoms with van der Waals surface area (Å²) in [4.78, 5) is 0. The number of unbranched alkanes of at least 4 members (excludes halogenated alkanes) is 1. The minimum Gasteiger partial charge on any atom is -0.310 e. The van der Waals surface area contributed by atoms with Gasteiger partial charge in [-0.1, -0.05) is 41.1 Å². The van der Waals surface area contributed by atoms with Crippen LogP contribution in [0.4, 0.5) is 0 Å². The lowest BCUT2D eigenvalue weighted by atomic mass is 10.0. The quantitative estimate of drug-likeness (QED) is 0.805. The fourth-order valence-electron chi connectivity index (χ4n) is 1.68. The van der Waals surface area contributed by atoms with Crippen LogP contribution in [-0.2, 0) is 0 Å². The molecular weight excluding hydrogens is 264 g/mol. The van der Waals surface area contributed by atoms with E-state index >= 15 is 0 Å². The van der Waals surface area contributed by atoms with Crippen molar-refractivity contribution in [1.29, 1.82) is 5.26 Å². The highest BCUT2D eigenvalue weighted by Crippen LogP contribution is 2.25. The molecule has 0 aromatic heterocycles. The van der Waals surface area contributed by atoms with Crippen molar-refractivity contribution < 1.29 is 0 Å². The molecule has 2 nitrogen and oxygen atoms in total. The van der Waals surface area contributed by atoms with E-state index in [1.54, 1.807) is 0 Å². The van der Waals surface area contributed by atoms with Crippen molar-refractivity contribution in [1.82, 2.24) is 5.32 Å². The van der Waals surface area contributed by atoms with Crippen molar-refractivity contribution in [2.24, 2.45) is 0 Å². The van der Waals surface area contributed by atoms with Gasteiger partial charge < -0.3 is 5.32 Å². The van der Waals surface area contributed by atoms with E-state index in [-0.39, 0.29) is 0 Å². The van der Waals surface area contributed by atoms with Crippen molar-refractivity contribution in [3.63, 3.8) is 0 Å². The molecule has 86 valence electrons. The van der Waals surface area contributed by atoms with E-state index < -0.39 is 0 Å². The molecule has 0 heterocycles. The molecule has 0 aliphatic heterocycles. The van der Waals surface area contributed by atoms with Gasteiger partial charge in [0.2, 0.25) is 0 Å². The monoisotopic (exact) mass is 280 g/mol. The average molecular weight is 281 g/mol. The van der Waals surface area contributed by atoms with Crippen LogP contribution in [0.5, 0.6) is 0 Å². The molecule has 16 heavy (non-hydrogen) atoms. The highest BCUT2D eigenvalue weighted by Gasteiger charge is 2.10. The van der Waals surface area contributed by atoms with Gasteiger partial charge >= 0.3 is 0 Å². The van der Waals surface area contributed by atoms with Crippen LogP contribution >= 0.6 is 15.9 Å². The first-order valence-electron chi connectivity index (χ1n) is 5.64. The first kappa shape index (κ1) is 13.2. The average Bonchev–Trinajstić information content (AvgIpc) is 2.31. The summed E-state index contributed by atoms with van der Waals surface area (Å²) < 4.78 is 1.15. The molecule has 0 saturated heterocycles. The van der Waals surface area contributed by atoms with Gasteiger partial charge in [0.25, 0.3) is 0 Å². The number of nitriles is 1. The summed E-state index contributed by atoms with van der Waals surface area (Å²) in [5.41, 5.74) is 1.29. The number of hydrogen-bond acceptors (Lipinski definition) is 2. The van der Waals surface area contributed by atoms with Crippen LogP contribution in [-0.4, -0.2) is 6.54 Å². The lowest BCUT2D eigenvalue weighted by Gasteiger charge is -2.18. The zero-order valence-corrected chi connectivity index (χ0v) is 11.1. The number of nitrogens with one attached hydrogen (secondary N) is 1. The van der Waals surface area contributed by atoms with E-state index in [4.69, 9.17) is 5.26 Å². The molecule has 1 aromatic carbocycles. The van der Waals surface area contributed by atoms with Gasteiger partial charge in [-0.2, -0.15) is 5.26 Å². The second-order valence-corrected chi connectivity index (χ2v) is 4.55. The maximum atomic E-state index is 8.46. The molecule has 0 amide bonds. The summed E-state index contributed by atoms with van der Waals surface area (Å²) >= 11 is 3.57. The topological polar surface area (TPSA) is 35.8 Å². The molecule has 1 aromatic rings. The molecule has 1 unspecified atom stereocenters. The lowest BCUT2D eigenvalue weighted by Crippen LogP contribution is -2.22. The first-order chi connectivity index (χ1) is 7.79. The molecular formula is C13H17BrN2. The normalized spacial score (nSPS) is 12.1. The summed E-state index contributed by atoms with van der Waals surface area (Å²) in [5, 5.41) is 11.9. The molecule has 1 rings (SSSR count). The van der Waals surface area contributed by atoms with Crippen molar-refractivity contribution in [3.8, 4) is 6.07 Å². The first-order valence-corrected chi connectivity index (χ1v) is 6.43. The van der Waals surface area contributed by atoms with E-state index in [0.29, 0.717) is 12.5 Å². The predicted octanol–water partition coefficient (Wildman–Crippen LogP) is 3.79. The number of benzene rings is 1. The van der Waals surface area contributed by atoms with Gasteiger partial charge in [0, 0.05) is 16.9 Å². The third-order valence-corrected chi connectivity index (χ3v) is 3.27. The van der Waals surface area contributed by atoms with Gasteiger partial charge in [-0.3, -0.25) is 0 Å². The van der Waals surface area contributed by atoms with Crippen LogP contribution in [0.2, 0.25) is 0 Å². The van der Waals surface area contributed by atoms with Crippen molar-refractivity contribution in [2.45, 2.75) is 32.2 Å².